The third-order valence-electron chi connectivity index (χ3n) is 8.04. The van der Waals surface area contributed by atoms with E-state index in [1.165, 1.54) is 10.6 Å². The summed E-state index contributed by atoms with van der Waals surface area (Å²) in [5.41, 5.74) is 2.01. The molecule has 3 aromatic heterocycles. The number of hydrogen-bond donors (Lipinski definition) is 0. The fourth-order valence-corrected chi connectivity index (χ4v) is 6.39. The Labute approximate surface area is 273 Å². The number of piperazine rings is 1. The van der Waals surface area contributed by atoms with Gasteiger partial charge in [0, 0.05) is 36.9 Å². The minimum absolute atomic E-state index is 0.0248. The number of fused-ring (bicyclic) bond motifs is 1. The minimum atomic E-state index is -0.633. The van der Waals surface area contributed by atoms with E-state index >= 15 is 4.39 Å². The predicted molar refractivity (Wildman–Crippen MR) is 181 cm³/mol. The minimum Gasteiger partial charge on any atom is -0.444 e. The molecule has 1 aromatic carbocycles. The van der Waals surface area contributed by atoms with Crippen molar-refractivity contribution in [2.24, 2.45) is 0 Å². The van der Waals surface area contributed by atoms with E-state index in [2.05, 4.69) is 16.5 Å². The number of benzene rings is 1. The Morgan fingerprint density at radius 1 is 1.15 bits per heavy atom. The van der Waals surface area contributed by atoms with Gasteiger partial charge < -0.3 is 14.5 Å². The van der Waals surface area contributed by atoms with Crippen LogP contribution in [0.4, 0.5) is 15.0 Å². The van der Waals surface area contributed by atoms with Gasteiger partial charge in [0.1, 0.15) is 17.2 Å². The number of pyridine rings is 2. The van der Waals surface area contributed by atoms with Gasteiger partial charge >= 0.3 is 11.8 Å². The highest BCUT2D eigenvalue weighted by Crippen LogP contribution is 2.38. The molecule has 0 spiro atoms. The largest absolute Gasteiger partial charge is 0.444 e. The van der Waals surface area contributed by atoms with Gasteiger partial charge in [-0.1, -0.05) is 50.2 Å². The number of carbonyl (C=O) groups excluding carboxylic acids is 1. The van der Waals surface area contributed by atoms with Crippen LogP contribution in [0.1, 0.15) is 71.2 Å². The number of rotatable bonds is 5. The molecular weight excluding hydrogens is 607 g/mol. The summed E-state index contributed by atoms with van der Waals surface area (Å²) in [6, 6.07) is 7.70. The summed E-state index contributed by atoms with van der Waals surface area (Å²) in [6.07, 6.45) is 2.85. The summed E-state index contributed by atoms with van der Waals surface area (Å²) in [6.45, 7) is 19.9. The molecule has 1 saturated heterocycles. The first-order valence-corrected chi connectivity index (χ1v) is 15.8. The Bertz CT molecular complexity index is 1890. The maximum atomic E-state index is 15.4. The SMILES string of the molecule is C=Cc1cccc(F)c1-c1nc2c(cc1Cl)c(N1[C@@H](C)CN(C(=O)OC(C)(C)C)C[C@@H]1C)nc(=O)n2-c1c(C)ccnc1C(C)C. The van der Waals surface area contributed by atoms with E-state index in [1.54, 1.807) is 35.4 Å². The van der Waals surface area contributed by atoms with Crippen molar-refractivity contribution < 1.29 is 13.9 Å². The molecule has 0 unspecified atom stereocenters. The summed E-state index contributed by atoms with van der Waals surface area (Å²) in [7, 11) is 0. The number of aryl methyl sites for hydroxylation is 1. The van der Waals surface area contributed by atoms with Gasteiger partial charge in [-0.25, -0.2) is 23.5 Å². The number of hydrogen-bond acceptors (Lipinski definition) is 7. The Morgan fingerprint density at radius 2 is 1.83 bits per heavy atom. The predicted octanol–water partition coefficient (Wildman–Crippen LogP) is 7.54. The summed E-state index contributed by atoms with van der Waals surface area (Å²) < 4.78 is 22.5. The van der Waals surface area contributed by atoms with E-state index in [0.717, 1.165) is 5.56 Å². The molecule has 5 rings (SSSR count). The Morgan fingerprint density at radius 3 is 2.43 bits per heavy atom. The van der Waals surface area contributed by atoms with E-state index < -0.39 is 23.2 Å². The van der Waals surface area contributed by atoms with Gasteiger partial charge in [0.15, 0.2) is 5.65 Å². The van der Waals surface area contributed by atoms with E-state index in [4.69, 9.17) is 21.3 Å². The Kier molecular flexibility index (Phi) is 8.96. The quantitative estimate of drug-likeness (QED) is 0.221. The molecular formula is C35H40ClFN6O3. The fourth-order valence-electron chi connectivity index (χ4n) is 6.14. The smallest absolute Gasteiger partial charge is 0.410 e. The summed E-state index contributed by atoms with van der Waals surface area (Å²) in [4.78, 5) is 45.1. The highest BCUT2D eigenvalue weighted by atomic mass is 35.5. The maximum absolute atomic E-state index is 15.4. The second-order valence-electron chi connectivity index (χ2n) is 13.2. The molecule has 46 heavy (non-hydrogen) atoms. The zero-order valence-electron chi connectivity index (χ0n) is 27.6. The summed E-state index contributed by atoms with van der Waals surface area (Å²) in [5.74, 6) is -0.162. The standard InChI is InChI=1S/C35H40ClFN6O3/c1-10-23-12-11-13-26(37)27(23)29-25(36)16-24-31(39-29)43(30-20(4)14-15-38-28(30)19(2)3)33(44)40-32(24)42-21(5)17-41(18-22(42)6)34(45)46-35(7,8)9/h10-16,19,21-22H,1,17-18H2,2-9H3/t21-,22-/m0/s1. The first-order chi connectivity index (χ1) is 21.6. The average Bonchev–Trinajstić information content (AvgIpc) is 2.96. The first kappa shape index (κ1) is 33.1. The molecule has 0 N–H and O–H groups in total. The van der Waals surface area contributed by atoms with Crippen molar-refractivity contribution in [3.05, 3.63) is 81.3 Å². The second kappa shape index (κ2) is 12.5. The van der Waals surface area contributed by atoms with Crippen LogP contribution in [0.2, 0.25) is 5.02 Å². The lowest BCUT2D eigenvalue weighted by Gasteiger charge is -2.45. The third kappa shape index (κ3) is 6.10. The number of nitrogens with zero attached hydrogens (tertiary/aromatic N) is 6. The molecule has 1 fully saturated rings. The van der Waals surface area contributed by atoms with Crippen LogP contribution in [0, 0.1) is 12.7 Å². The third-order valence-corrected chi connectivity index (χ3v) is 8.33. The molecule has 1 aliphatic rings. The lowest BCUT2D eigenvalue weighted by atomic mass is 10.0. The van der Waals surface area contributed by atoms with E-state index in [0.29, 0.717) is 41.2 Å². The van der Waals surface area contributed by atoms with Crippen molar-refractivity contribution in [3.8, 4) is 16.9 Å². The Balaban J connectivity index is 1.79. The van der Waals surface area contributed by atoms with Gasteiger partial charge in [-0.05, 0) is 76.8 Å². The molecule has 4 aromatic rings. The van der Waals surface area contributed by atoms with Crippen LogP contribution in [0.3, 0.4) is 0 Å². The number of halogens is 2. The molecule has 4 heterocycles. The molecule has 242 valence electrons. The maximum Gasteiger partial charge on any atom is 0.410 e. The van der Waals surface area contributed by atoms with Gasteiger partial charge in [0.05, 0.1) is 27.5 Å². The van der Waals surface area contributed by atoms with Crippen molar-refractivity contribution >= 4 is 40.6 Å². The molecule has 11 heteroatoms. The molecule has 1 aliphatic heterocycles. The number of anilines is 1. The number of ether oxygens (including phenoxy) is 1. The van der Waals surface area contributed by atoms with E-state index in [9.17, 15) is 9.59 Å². The zero-order chi connectivity index (χ0) is 33.7. The fraction of sp³-hybridized carbons (Fsp3) is 0.400. The lowest BCUT2D eigenvalue weighted by molar-refractivity contribution is 0.0192. The molecule has 0 bridgehead atoms. The number of aromatic nitrogens is 4. The van der Waals surface area contributed by atoms with Crippen molar-refractivity contribution in [3.63, 3.8) is 0 Å². The highest BCUT2D eigenvalue weighted by molar-refractivity contribution is 6.34. The van der Waals surface area contributed by atoms with Crippen LogP contribution in [-0.4, -0.2) is 61.3 Å². The van der Waals surface area contributed by atoms with Crippen molar-refractivity contribution in [1.29, 1.82) is 0 Å². The van der Waals surface area contributed by atoms with Crippen LogP contribution in [0.15, 0.2) is 47.9 Å². The van der Waals surface area contributed by atoms with Gasteiger partial charge in [0.25, 0.3) is 0 Å². The van der Waals surface area contributed by atoms with Crippen molar-refractivity contribution in [2.45, 2.75) is 79.0 Å². The first-order valence-electron chi connectivity index (χ1n) is 15.4. The van der Waals surface area contributed by atoms with Gasteiger partial charge in [-0.3, -0.25) is 4.98 Å². The molecule has 2 atom stereocenters. The van der Waals surface area contributed by atoms with Crippen LogP contribution < -0.4 is 10.6 Å². The molecule has 0 saturated carbocycles. The normalized spacial score (nSPS) is 17.1. The lowest BCUT2D eigenvalue weighted by Crippen LogP contribution is -2.59. The summed E-state index contributed by atoms with van der Waals surface area (Å²) in [5, 5.41) is 0.695. The van der Waals surface area contributed by atoms with Crippen molar-refractivity contribution in [1.82, 2.24) is 24.4 Å². The van der Waals surface area contributed by atoms with Crippen LogP contribution in [-0.2, 0) is 4.74 Å². The number of carbonyl (C=O) groups is 1. The van der Waals surface area contributed by atoms with Gasteiger partial charge in [-0.15, -0.1) is 0 Å². The van der Waals surface area contributed by atoms with Gasteiger partial charge in [-0.2, -0.15) is 4.98 Å². The Hall–Kier alpha value is -4.31. The second-order valence-corrected chi connectivity index (χ2v) is 13.6. The van der Waals surface area contributed by atoms with Crippen molar-refractivity contribution in [2.75, 3.05) is 18.0 Å². The average molecular weight is 647 g/mol. The van der Waals surface area contributed by atoms with E-state index in [1.807, 2.05) is 66.4 Å². The summed E-state index contributed by atoms with van der Waals surface area (Å²) >= 11 is 6.92. The molecule has 9 nitrogen and oxygen atoms in total. The van der Waals surface area contributed by atoms with Crippen LogP contribution in [0.25, 0.3) is 34.1 Å². The molecule has 1 amide bonds. The topological polar surface area (TPSA) is 93.5 Å². The molecule has 0 radical (unpaired) electrons. The molecule has 0 aliphatic carbocycles. The van der Waals surface area contributed by atoms with E-state index in [-0.39, 0.29) is 39.9 Å². The van der Waals surface area contributed by atoms with Crippen LogP contribution in [0.5, 0.6) is 0 Å². The monoisotopic (exact) mass is 646 g/mol. The van der Waals surface area contributed by atoms with Gasteiger partial charge in [0.2, 0.25) is 0 Å². The zero-order valence-corrected chi connectivity index (χ0v) is 28.3. The highest BCUT2D eigenvalue weighted by Gasteiger charge is 2.36. The van der Waals surface area contributed by atoms with Crippen LogP contribution >= 0.6 is 11.6 Å². The number of amides is 1.